The molecule has 0 saturated carbocycles. The molecule has 6 nitrogen and oxygen atoms in total. The Hall–Kier alpha value is -2.35. The van der Waals surface area contributed by atoms with Crippen LogP contribution in [0.1, 0.15) is 43.7 Å². The van der Waals surface area contributed by atoms with Crippen molar-refractivity contribution in [2.45, 2.75) is 57.1 Å². The van der Waals surface area contributed by atoms with Gasteiger partial charge in [0.2, 0.25) is 10.0 Å². The zero-order chi connectivity index (χ0) is 24.6. The maximum absolute atomic E-state index is 14.2. The van der Waals surface area contributed by atoms with Gasteiger partial charge in [-0.1, -0.05) is 37.3 Å². The lowest BCUT2D eigenvalue weighted by Crippen LogP contribution is -2.42. The zero-order valence-corrected chi connectivity index (χ0v) is 21.3. The van der Waals surface area contributed by atoms with Crippen LogP contribution >= 0.6 is 0 Å². The Labute approximate surface area is 204 Å². The second-order valence-corrected chi connectivity index (χ2v) is 11.1. The molecule has 3 rings (SSSR count). The minimum absolute atomic E-state index is 0.0177. The summed E-state index contributed by atoms with van der Waals surface area (Å²) < 4.78 is 46.3. The molecule has 0 N–H and O–H groups in total. The molecule has 0 spiro atoms. The van der Waals surface area contributed by atoms with E-state index in [1.54, 1.807) is 24.6 Å². The van der Waals surface area contributed by atoms with E-state index in [4.69, 9.17) is 14.2 Å². The van der Waals surface area contributed by atoms with Gasteiger partial charge in [0.15, 0.2) is 0 Å². The molecule has 7 heteroatoms. The topological polar surface area (TPSA) is 65.1 Å². The molecule has 0 aromatic heterocycles. The first-order valence-electron chi connectivity index (χ1n) is 11.8. The number of methoxy groups -OCH3 is 2. The van der Waals surface area contributed by atoms with Crippen LogP contribution in [0.2, 0.25) is 0 Å². The second kappa shape index (κ2) is 12.4. The van der Waals surface area contributed by atoms with E-state index in [1.807, 2.05) is 55.5 Å². The maximum atomic E-state index is 14.2. The average Bonchev–Trinajstić information content (AvgIpc) is 3.36. The minimum Gasteiger partial charge on any atom is -0.497 e. The van der Waals surface area contributed by atoms with Gasteiger partial charge in [-0.25, -0.2) is 8.42 Å². The van der Waals surface area contributed by atoms with E-state index in [2.05, 4.69) is 6.58 Å². The first-order valence-corrected chi connectivity index (χ1v) is 13.3. The third-order valence-electron chi connectivity index (χ3n) is 6.47. The SMILES string of the molecule is C=CC[C@@H](C)[C@H](C[C@H]1CCCO1)S(=O)(=O)N(Cc1ccc(OC)cc1)Cc1ccc(OC)cc1. The molecule has 2 aromatic rings. The van der Waals surface area contributed by atoms with Crippen molar-refractivity contribution in [2.24, 2.45) is 5.92 Å². The summed E-state index contributed by atoms with van der Waals surface area (Å²) in [5.41, 5.74) is 1.82. The number of hydrogen-bond acceptors (Lipinski definition) is 5. The first-order chi connectivity index (χ1) is 16.4. The molecule has 1 heterocycles. The third kappa shape index (κ3) is 6.84. The molecule has 34 heavy (non-hydrogen) atoms. The highest BCUT2D eigenvalue weighted by Crippen LogP contribution is 2.31. The summed E-state index contributed by atoms with van der Waals surface area (Å²) in [7, 11) is -0.422. The van der Waals surface area contributed by atoms with E-state index in [1.165, 1.54) is 0 Å². The number of sulfonamides is 1. The minimum atomic E-state index is -3.66. The molecule has 0 unspecified atom stereocenters. The molecule has 186 valence electrons. The molecule has 1 aliphatic rings. The van der Waals surface area contributed by atoms with E-state index in [9.17, 15) is 8.42 Å². The van der Waals surface area contributed by atoms with Crippen molar-refractivity contribution in [1.82, 2.24) is 4.31 Å². The number of hydrogen-bond donors (Lipinski definition) is 0. The van der Waals surface area contributed by atoms with Gasteiger partial charge in [-0.05, 0) is 67.0 Å². The zero-order valence-electron chi connectivity index (χ0n) is 20.5. The summed E-state index contributed by atoms with van der Waals surface area (Å²) in [6.07, 6.45) is 4.81. The van der Waals surface area contributed by atoms with E-state index >= 15 is 0 Å². The predicted octanol–water partition coefficient (Wildman–Crippen LogP) is 5.19. The van der Waals surface area contributed by atoms with Crippen molar-refractivity contribution in [3.05, 3.63) is 72.3 Å². The van der Waals surface area contributed by atoms with Gasteiger partial charge in [0.05, 0.1) is 25.6 Å². The third-order valence-corrected chi connectivity index (χ3v) is 8.87. The van der Waals surface area contributed by atoms with Gasteiger partial charge in [-0.15, -0.1) is 6.58 Å². The summed E-state index contributed by atoms with van der Waals surface area (Å²) in [6, 6.07) is 15.1. The van der Waals surface area contributed by atoms with Crippen LogP contribution in [0.15, 0.2) is 61.2 Å². The summed E-state index contributed by atoms with van der Waals surface area (Å²) in [4.78, 5) is 0. The van der Waals surface area contributed by atoms with Gasteiger partial charge in [0, 0.05) is 19.7 Å². The van der Waals surface area contributed by atoms with Crippen LogP contribution in [0.25, 0.3) is 0 Å². The van der Waals surface area contributed by atoms with Crippen LogP contribution in [0, 0.1) is 5.92 Å². The standard InChI is InChI=1S/C27H37NO5S/c1-5-7-21(2)27(18-26-8-6-17-33-26)34(29,30)28(19-22-9-13-24(31-3)14-10-22)20-23-11-15-25(32-4)16-12-23/h5,9-16,21,26-27H,1,6-8,17-20H2,2-4H3/t21-,26-,27+/m1/s1. The van der Waals surface area contributed by atoms with Gasteiger partial charge >= 0.3 is 0 Å². The average molecular weight is 488 g/mol. The number of nitrogens with zero attached hydrogens (tertiary/aromatic N) is 1. The summed E-state index contributed by atoms with van der Waals surface area (Å²) >= 11 is 0. The van der Waals surface area contributed by atoms with Crippen LogP contribution in [-0.2, 0) is 27.8 Å². The van der Waals surface area contributed by atoms with Gasteiger partial charge in [-0.3, -0.25) is 0 Å². The molecule has 0 bridgehead atoms. The monoisotopic (exact) mass is 487 g/mol. The lowest BCUT2D eigenvalue weighted by molar-refractivity contribution is 0.0989. The molecule has 1 aliphatic heterocycles. The van der Waals surface area contributed by atoms with Crippen molar-refractivity contribution in [3.63, 3.8) is 0 Å². The van der Waals surface area contributed by atoms with Crippen LogP contribution in [0.3, 0.4) is 0 Å². The fourth-order valence-corrected chi connectivity index (χ4v) is 6.65. The molecule has 0 aliphatic carbocycles. The largest absolute Gasteiger partial charge is 0.497 e. The lowest BCUT2D eigenvalue weighted by Gasteiger charge is -2.32. The highest BCUT2D eigenvalue weighted by Gasteiger charge is 2.38. The molecule has 1 fully saturated rings. The second-order valence-electron chi connectivity index (χ2n) is 8.92. The van der Waals surface area contributed by atoms with Gasteiger partial charge < -0.3 is 14.2 Å². The Balaban J connectivity index is 1.93. The van der Waals surface area contributed by atoms with Gasteiger partial charge in [0.25, 0.3) is 0 Å². The predicted molar refractivity (Wildman–Crippen MR) is 136 cm³/mol. The van der Waals surface area contributed by atoms with Crippen molar-refractivity contribution in [2.75, 3.05) is 20.8 Å². The van der Waals surface area contributed by atoms with E-state index in [0.717, 1.165) is 35.5 Å². The number of benzene rings is 2. The highest BCUT2D eigenvalue weighted by molar-refractivity contribution is 7.89. The highest BCUT2D eigenvalue weighted by atomic mass is 32.2. The Morgan fingerprint density at radius 1 is 1.03 bits per heavy atom. The Morgan fingerprint density at radius 2 is 1.56 bits per heavy atom. The molecule has 0 radical (unpaired) electrons. The van der Waals surface area contributed by atoms with Crippen molar-refractivity contribution in [3.8, 4) is 11.5 Å². The summed E-state index contributed by atoms with van der Waals surface area (Å²) in [5, 5.41) is -0.551. The maximum Gasteiger partial charge on any atom is 0.217 e. The van der Waals surface area contributed by atoms with Crippen molar-refractivity contribution >= 4 is 10.0 Å². The fraction of sp³-hybridized carbons (Fsp3) is 0.481. The van der Waals surface area contributed by atoms with Crippen molar-refractivity contribution in [1.29, 1.82) is 0 Å². The van der Waals surface area contributed by atoms with Crippen LogP contribution in [0.5, 0.6) is 11.5 Å². The molecular weight excluding hydrogens is 450 g/mol. The first kappa shape index (κ1) is 26.3. The summed E-state index contributed by atoms with van der Waals surface area (Å²) in [6.45, 7) is 7.11. The van der Waals surface area contributed by atoms with Crippen LogP contribution in [-0.4, -0.2) is 44.9 Å². The normalized spacial score (nSPS) is 17.9. The van der Waals surface area contributed by atoms with Gasteiger partial charge in [0.1, 0.15) is 11.5 Å². The Kier molecular flexibility index (Phi) is 9.56. The Morgan fingerprint density at radius 3 is 1.97 bits per heavy atom. The molecular formula is C27H37NO5S. The molecule has 1 saturated heterocycles. The van der Waals surface area contributed by atoms with Crippen molar-refractivity contribution < 1.29 is 22.6 Å². The van der Waals surface area contributed by atoms with E-state index in [-0.39, 0.29) is 25.1 Å². The van der Waals surface area contributed by atoms with E-state index < -0.39 is 15.3 Å². The van der Waals surface area contributed by atoms with Crippen LogP contribution < -0.4 is 9.47 Å². The number of ether oxygens (including phenoxy) is 3. The molecule has 3 atom stereocenters. The van der Waals surface area contributed by atoms with Crippen LogP contribution in [0.4, 0.5) is 0 Å². The lowest BCUT2D eigenvalue weighted by atomic mass is 9.98. The number of rotatable bonds is 13. The van der Waals surface area contributed by atoms with E-state index in [0.29, 0.717) is 19.4 Å². The number of allylic oxidation sites excluding steroid dienone is 1. The Bertz CT molecular complexity index is 949. The molecule has 2 aromatic carbocycles. The summed E-state index contributed by atoms with van der Waals surface area (Å²) in [5.74, 6) is 1.41. The smallest absolute Gasteiger partial charge is 0.217 e. The fourth-order valence-electron chi connectivity index (χ4n) is 4.45. The van der Waals surface area contributed by atoms with Gasteiger partial charge in [-0.2, -0.15) is 4.31 Å². The molecule has 0 amide bonds. The quantitative estimate of drug-likeness (QED) is 0.364.